The summed E-state index contributed by atoms with van der Waals surface area (Å²) in [6, 6.07) is 0. The highest BCUT2D eigenvalue weighted by atomic mass is 16.3. The summed E-state index contributed by atoms with van der Waals surface area (Å²) >= 11 is 0. The standard InChI is InChI=1S/C14H28N2O2/c1-5-14(6-7-15-10-14)12(17)16-9-13(4,18)8-11(2)3/h11,15,18H,5-10H2,1-4H3,(H,16,17). The molecule has 0 bridgehead atoms. The van der Waals surface area contributed by atoms with E-state index in [1.54, 1.807) is 6.92 Å². The Balaban J connectivity index is 2.50. The van der Waals surface area contributed by atoms with Gasteiger partial charge >= 0.3 is 0 Å². The molecule has 106 valence electrons. The molecule has 1 aliphatic rings. The smallest absolute Gasteiger partial charge is 0.227 e. The van der Waals surface area contributed by atoms with Crippen LogP contribution in [0.15, 0.2) is 0 Å². The highest BCUT2D eigenvalue weighted by molar-refractivity contribution is 5.83. The first-order valence-corrected chi connectivity index (χ1v) is 7.03. The maximum atomic E-state index is 12.3. The number of carbonyl (C=O) groups excluding carboxylic acids is 1. The molecular formula is C14H28N2O2. The van der Waals surface area contributed by atoms with E-state index in [4.69, 9.17) is 0 Å². The first-order valence-electron chi connectivity index (χ1n) is 7.03. The van der Waals surface area contributed by atoms with Crippen LogP contribution in [-0.2, 0) is 4.79 Å². The normalized spacial score (nSPS) is 27.2. The molecule has 18 heavy (non-hydrogen) atoms. The molecule has 3 N–H and O–H groups in total. The van der Waals surface area contributed by atoms with Gasteiger partial charge in [-0.3, -0.25) is 4.79 Å². The molecule has 1 aliphatic heterocycles. The Morgan fingerprint density at radius 2 is 2.22 bits per heavy atom. The van der Waals surface area contributed by atoms with Gasteiger partial charge in [0.05, 0.1) is 11.0 Å². The van der Waals surface area contributed by atoms with Crippen LogP contribution in [0.2, 0.25) is 0 Å². The van der Waals surface area contributed by atoms with Crippen LogP contribution in [0.4, 0.5) is 0 Å². The minimum atomic E-state index is -0.815. The summed E-state index contributed by atoms with van der Waals surface area (Å²) in [6.45, 7) is 9.99. The molecule has 0 aromatic heterocycles. The predicted molar refractivity (Wildman–Crippen MR) is 73.3 cm³/mol. The Labute approximate surface area is 111 Å². The second-order valence-electron chi connectivity index (χ2n) is 6.34. The van der Waals surface area contributed by atoms with Gasteiger partial charge in [0.1, 0.15) is 0 Å². The van der Waals surface area contributed by atoms with Crippen molar-refractivity contribution in [2.24, 2.45) is 11.3 Å². The van der Waals surface area contributed by atoms with Gasteiger partial charge in [0, 0.05) is 13.1 Å². The zero-order valence-corrected chi connectivity index (χ0v) is 12.2. The van der Waals surface area contributed by atoms with Gasteiger partial charge in [-0.2, -0.15) is 0 Å². The topological polar surface area (TPSA) is 61.4 Å². The Bertz CT molecular complexity index is 282. The molecule has 1 heterocycles. The first-order chi connectivity index (χ1) is 8.31. The van der Waals surface area contributed by atoms with Gasteiger partial charge in [0.25, 0.3) is 0 Å². The van der Waals surface area contributed by atoms with E-state index in [-0.39, 0.29) is 11.3 Å². The fourth-order valence-corrected chi connectivity index (χ4v) is 2.81. The van der Waals surface area contributed by atoms with Crippen LogP contribution in [0, 0.1) is 11.3 Å². The van der Waals surface area contributed by atoms with Crippen molar-refractivity contribution >= 4 is 5.91 Å². The molecule has 0 saturated carbocycles. The molecule has 0 aromatic carbocycles. The van der Waals surface area contributed by atoms with Crippen LogP contribution in [0.25, 0.3) is 0 Å². The van der Waals surface area contributed by atoms with Crippen LogP contribution in [0.1, 0.15) is 47.0 Å². The Morgan fingerprint density at radius 3 is 2.67 bits per heavy atom. The molecular weight excluding hydrogens is 228 g/mol. The molecule has 0 spiro atoms. The lowest BCUT2D eigenvalue weighted by molar-refractivity contribution is -0.131. The second kappa shape index (κ2) is 6.02. The average Bonchev–Trinajstić information content (AvgIpc) is 2.74. The fourth-order valence-electron chi connectivity index (χ4n) is 2.81. The molecule has 4 heteroatoms. The molecule has 0 aromatic rings. The fraction of sp³-hybridized carbons (Fsp3) is 0.929. The van der Waals surface area contributed by atoms with Gasteiger partial charge in [-0.25, -0.2) is 0 Å². The SMILES string of the molecule is CCC1(C(=O)NCC(C)(O)CC(C)C)CCNC1. The van der Waals surface area contributed by atoms with E-state index in [1.807, 2.05) is 0 Å². The van der Waals surface area contributed by atoms with Crippen molar-refractivity contribution in [2.45, 2.75) is 52.6 Å². The van der Waals surface area contributed by atoms with E-state index in [9.17, 15) is 9.90 Å². The van der Waals surface area contributed by atoms with E-state index >= 15 is 0 Å². The van der Waals surface area contributed by atoms with Crippen LogP contribution in [-0.4, -0.2) is 36.2 Å². The number of hydrogen-bond donors (Lipinski definition) is 3. The molecule has 4 nitrogen and oxygen atoms in total. The number of rotatable bonds is 6. The van der Waals surface area contributed by atoms with Crippen LogP contribution in [0.5, 0.6) is 0 Å². The van der Waals surface area contributed by atoms with Crippen LogP contribution in [0.3, 0.4) is 0 Å². The van der Waals surface area contributed by atoms with E-state index in [2.05, 4.69) is 31.4 Å². The first kappa shape index (κ1) is 15.4. The lowest BCUT2D eigenvalue weighted by Crippen LogP contribution is -2.48. The molecule has 2 atom stereocenters. The van der Waals surface area contributed by atoms with E-state index in [1.165, 1.54) is 0 Å². The summed E-state index contributed by atoms with van der Waals surface area (Å²) in [4.78, 5) is 12.3. The van der Waals surface area contributed by atoms with Crippen molar-refractivity contribution < 1.29 is 9.90 Å². The minimum absolute atomic E-state index is 0.0824. The van der Waals surface area contributed by atoms with E-state index in [0.29, 0.717) is 18.9 Å². The third-order valence-electron chi connectivity index (χ3n) is 3.88. The average molecular weight is 256 g/mol. The summed E-state index contributed by atoms with van der Waals surface area (Å²) in [5, 5.41) is 16.4. The predicted octanol–water partition coefficient (Wildman–Crippen LogP) is 1.29. The van der Waals surface area contributed by atoms with Crippen molar-refractivity contribution in [1.29, 1.82) is 0 Å². The third-order valence-corrected chi connectivity index (χ3v) is 3.88. The van der Waals surface area contributed by atoms with Crippen molar-refractivity contribution in [2.75, 3.05) is 19.6 Å². The summed E-state index contributed by atoms with van der Waals surface area (Å²) in [5.41, 5.74) is -1.08. The highest BCUT2D eigenvalue weighted by Crippen LogP contribution is 2.29. The molecule has 1 fully saturated rings. The molecule has 0 aliphatic carbocycles. The number of amides is 1. The zero-order valence-electron chi connectivity index (χ0n) is 12.2. The van der Waals surface area contributed by atoms with Gasteiger partial charge in [-0.15, -0.1) is 0 Å². The molecule has 1 amide bonds. The lowest BCUT2D eigenvalue weighted by atomic mass is 9.83. The van der Waals surface area contributed by atoms with Gasteiger partial charge in [0.2, 0.25) is 5.91 Å². The molecule has 2 unspecified atom stereocenters. The summed E-state index contributed by atoms with van der Waals surface area (Å²) in [7, 11) is 0. The Morgan fingerprint density at radius 1 is 1.56 bits per heavy atom. The quantitative estimate of drug-likeness (QED) is 0.671. The zero-order chi connectivity index (χ0) is 13.8. The van der Waals surface area contributed by atoms with Gasteiger partial charge in [0.15, 0.2) is 0 Å². The molecule has 1 saturated heterocycles. The van der Waals surface area contributed by atoms with E-state index < -0.39 is 5.60 Å². The van der Waals surface area contributed by atoms with Crippen LogP contribution >= 0.6 is 0 Å². The highest BCUT2D eigenvalue weighted by Gasteiger charge is 2.39. The Kier molecular flexibility index (Phi) is 5.17. The van der Waals surface area contributed by atoms with Gasteiger partial charge in [-0.1, -0.05) is 20.8 Å². The lowest BCUT2D eigenvalue weighted by Gasteiger charge is -2.30. The third kappa shape index (κ3) is 3.95. The van der Waals surface area contributed by atoms with Crippen molar-refractivity contribution in [3.8, 4) is 0 Å². The molecule has 1 rings (SSSR count). The monoisotopic (exact) mass is 256 g/mol. The van der Waals surface area contributed by atoms with Crippen molar-refractivity contribution in [1.82, 2.24) is 10.6 Å². The van der Waals surface area contributed by atoms with Crippen molar-refractivity contribution in [3.63, 3.8) is 0 Å². The van der Waals surface area contributed by atoms with Crippen LogP contribution < -0.4 is 10.6 Å². The largest absolute Gasteiger partial charge is 0.388 e. The minimum Gasteiger partial charge on any atom is -0.388 e. The maximum absolute atomic E-state index is 12.3. The number of hydrogen-bond acceptors (Lipinski definition) is 3. The summed E-state index contributed by atoms with van der Waals surface area (Å²) in [5.74, 6) is 0.504. The molecule has 0 radical (unpaired) electrons. The number of nitrogens with one attached hydrogen (secondary N) is 2. The summed E-state index contributed by atoms with van der Waals surface area (Å²) in [6.07, 6.45) is 2.43. The maximum Gasteiger partial charge on any atom is 0.227 e. The summed E-state index contributed by atoms with van der Waals surface area (Å²) < 4.78 is 0. The number of carbonyl (C=O) groups is 1. The second-order valence-corrected chi connectivity index (χ2v) is 6.34. The van der Waals surface area contributed by atoms with E-state index in [0.717, 1.165) is 25.9 Å². The van der Waals surface area contributed by atoms with Gasteiger partial charge in [-0.05, 0) is 38.6 Å². The number of aliphatic hydroxyl groups is 1. The Hall–Kier alpha value is -0.610. The van der Waals surface area contributed by atoms with Crippen molar-refractivity contribution in [3.05, 3.63) is 0 Å². The van der Waals surface area contributed by atoms with Gasteiger partial charge < -0.3 is 15.7 Å².